The molecule has 0 saturated carbocycles. The van der Waals surface area contributed by atoms with Crippen molar-refractivity contribution < 1.29 is 58.2 Å². The minimum Gasteiger partial charge on any atom is -0.479 e. The molecule has 444 valence electrons. The van der Waals surface area contributed by atoms with Crippen molar-refractivity contribution in [3.05, 3.63) is 60.8 Å². The molecule has 0 aromatic heterocycles. The van der Waals surface area contributed by atoms with Gasteiger partial charge in [0, 0.05) is 19.3 Å². The van der Waals surface area contributed by atoms with Crippen LogP contribution in [0.4, 0.5) is 0 Å². The van der Waals surface area contributed by atoms with Crippen LogP contribution in [0.3, 0.4) is 0 Å². The average Bonchev–Trinajstić information content (AvgIpc) is 3.42. The maximum Gasteiger partial charge on any atom is 0.335 e. The SMILES string of the molecule is CC/C=C\C/C=C\C/C=C\C/C=C\CCCCCCC(=O)OCC(COC1OC(C(=O)O)C(O)C(O)C1OC(=O)CCCCCCCCCCCCCCC)OC(=O)CCCCCCCCC/C=C\CCCCCCCC. The third kappa shape index (κ3) is 43.0. The fourth-order valence-electron chi connectivity index (χ4n) is 9.30. The van der Waals surface area contributed by atoms with Gasteiger partial charge < -0.3 is 39.0 Å². The Balaban J connectivity index is 2.69. The first kappa shape index (κ1) is 71.4. The molecule has 1 rings (SSSR count). The van der Waals surface area contributed by atoms with Gasteiger partial charge in [-0.05, 0) is 83.5 Å². The van der Waals surface area contributed by atoms with E-state index < -0.39 is 67.3 Å². The lowest BCUT2D eigenvalue weighted by molar-refractivity contribution is -0.301. The number of aliphatic carboxylic acids is 1. The Bertz CT molecular complexity index is 1570. The number of hydrogen-bond donors (Lipinski definition) is 3. The zero-order valence-electron chi connectivity index (χ0n) is 49.0. The Kier molecular flexibility index (Phi) is 49.2. The number of carboxylic acids is 1. The highest BCUT2D eigenvalue weighted by atomic mass is 16.7. The molecule has 0 amide bonds. The number of aliphatic hydroxyl groups excluding tert-OH is 2. The molecule has 0 radical (unpaired) electrons. The number of aliphatic hydroxyl groups is 2. The van der Waals surface area contributed by atoms with Gasteiger partial charge >= 0.3 is 23.9 Å². The Morgan fingerprint density at radius 2 is 0.818 bits per heavy atom. The zero-order valence-corrected chi connectivity index (χ0v) is 49.0. The van der Waals surface area contributed by atoms with Crippen LogP contribution in [0.15, 0.2) is 60.8 Å². The van der Waals surface area contributed by atoms with E-state index in [2.05, 4.69) is 81.5 Å². The summed E-state index contributed by atoms with van der Waals surface area (Å²) >= 11 is 0. The molecule has 1 aliphatic rings. The van der Waals surface area contributed by atoms with Gasteiger partial charge in [0.1, 0.15) is 18.8 Å². The van der Waals surface area contributed by atoms with E-state index in [9.17, 15) is 34.5 Å². The van der Waals surface area contributed by atoms with Crippen molar-refractivity contribution in [1.82, 2.24) is 0 Å². The van der Waals surface area contributed by atoms with Crippen molar-refractivity contribution in [2.24, 2.45) is 0 Å². The average molecular weight is 1090 g/mol. The number of carbonyl (C=O) groups excluding carboxylic acids is 3. The Morgan fingerprint density at radius 1 is 0.442 bits per heavy atom. The highest BCUT2D eigenvalue weighted by molar-refractivity contribution is 5.74. The second-order valence-corrected chi connectivity index (χ2v) is 21.3. The van der Waals surface area contributed by atoms with E-state index in [4.69, 9.17) is 23.7 Å². The van der Waals surface area contributed by atoms with Gasteiger partial charge in [-0.2, -0.15) is 0 Å². The fraction of sp³-hybridized carbons (Fsp3) is 0.785. The van der Waals surface area contributed by atoms with Crippen LogP contribution in [0.1, 0.15) is 278 Å². The number of hydrogen-bond acceptors (Lipinski definition) is 11. The summed E-state index contributed by atoms with van der Waals surface area (Å²) in [5.74, 6) is -3.14. The van der Waals surface area contributed by atoms with E-state index in [1.165, 1.54) is 109 Å². The number of rotatable bonds is 53. The second kappa shape index (κ2) is 53.1. The van der Waals surface area contributed by atoms with Gasteiger partial charge in [0.05, 0.1) is 6.61 Å². The lowest BCUT2D eigenvalue weighted by Crippen LogP contribution is -2.61. The van der Waals surface area contributed by atoms with Crippen molar-refractivity contribution in [2.45, 2.75) is 314 Å². The number of esters is 3. The summed E-state index contributed by atoms with van der Waals surface area (Å²) in [6.45, 7) is 5.87. The first-order valence-electron chi connectivity index (χ1n) is 31.3. The summed E-state index contributed by atoms with van der Waals surface area (Å²) in [4.78, 5) is 51.2. The molecular weight excluding hydrogens is 973 g/mol. The monoisotopic (exact) mass is 1080 g/mol. The second-order valence-electron chi connectivity index (χ2n) is 21.3. The zero-order chi connectivity index (χ0) is 56.1. The molecule has 0 aromatic carbocycles. The molecule has 0 aliphatic carbocycles. The first-order valence-corrected chi connectivity index (χ1v) is 31.3. The Morgan fingerprint density at radius 3 is 1.26 bits per heavy atom. The van der Waals surface area contributed by atoms with E-state index >= 15 is 0 Å². The normalized spacial score (nSPS) is 18.4. The largest absolute Gasteiger partial charge is 0.479 e. The number of ether oxygens (including phenoxy) is 5. The summed E-state index contributed by atoms with van der Waals surface area (Å²) in [7, 11) is 0. The Labute approximate surface area is 468 Å². The van der Waals surface area contributed by atoms with E-state index in [1.807, 2.05) is 0 Å². The van der Waals surface area contributed by atoms with Gasteiger partial charge in [0.25, 0.3) is 0 Å². The van der Waals surface area contributed by atoms with Crippen molar-refractivity contribution in [1.29, 1.82) is 0 Å². The molecular formula is C65H112O12. The van der Waals surface area contributed by atoms with Gasteiger partial charge in [-0.15, -0.1) is 0 Å². The van der Waals surface area contributed by atoms with Crippen LogP contribution in [-0.2, 0) is 42.9 Å². The van der Waals surface area contributed by atoms with E-state index in [0.29, 0.717) is 19.3 Å². The van der Waals surface area contributed by atoms with Gasteiger partial charge in [0.15, 0.2) is 24.6 Å². The molecule has 1 heterocycles. The third-order valence-corrected chi connectivity index (χ3v) is 14.1. The lowest BCUT2D eigenvalue weighted by atomic mass is 9.98. The molecule has 0 aromatic rings. The molecule has 6 atom stereocenters. The Hall–Kier alpha value is -3.58. The van der Waals surface area contributed by atoms with Gasteiger partial charge in [-0.3, -0.25) is 14.4 Å². The standard InChI is InChI=1S/C65H112O12/c1-4-7-10-13-16-19-22-25-27-29-31-34-36-39-42-45-48-51-57(66)73-54-56(75-58(67)52-49-46-43-40-38-35-32-30-28-26-23-20-17-14-11-8-5-2)55-74-65-63(61(70)60(69)62(77-65)64(71)72)76-59(68)53-50-47-44-41-37-33-24-21-18-15-12-9-6-3/h7,10,16,19,25-28,31,34,56,60-63,65,69-70H,4-6,8-9,11-15,17-18,20-24,29-30,32-33,35-55H2,1-3H3,(H,71,72)/b10-7-,19-16-,27-25-,28-26-,34-31-. The summed E-state index contributed by atoms with van der Waals surface area (Å²) in [6, 6.07) is 0. The predicted octanol–water partition coefficient (Wildman–Crippen LogP) is 16.3. The van der Waals surface area contributed by atoms with Crippen LogP contribution >= 0.6 is 0 Å². The summed E-state index contributed by atoms with van der Waals surface area (Å²) < 4.78 is 28.5. The van der Waals surface area contributed by atoms with Gasteiger partial charge in [-0.25, -0.2) is 4.79 Å². The van der Waals surface area contributed by atoms with E-state index in [-0.39, 0.29) is 25.9 Å². The topological polar surface area (TPSA) is 175 Å². The number of unbranched alkanes of at least 4 members (excludes halogenated alkanes) is 29. The molecule has 12 heteroatoms. The maximum atomic E-state index is 13.2. The molecule has 77 heavy (non-hydrogen) atoms. The van der Waals surface area contributed by atoms with Crippen molar-refractivity contribution in [3.8, 4) is 0 Å². The van der Waals surface area contributed by atoms with Gasteiger partial charge in [-0.1, -0.05) is 236 Å². The van der Waals surface area contributed by atoms with E-state index in [1.54, 1.807) is 0 Å². The molecule has 12 nitrogen and oxygen atoms in total. The maximum absolute atomic E-state index is 13.2. The van der Waals surface area contributed by atoms with Gasteiger partial charge in [0.2, 0.25) is 0 Å². The molecule has 3 N–H and O–H groups in total. The minimum atomic E-state index is -1.91. The van der Waals surface area contributed by atoms with Crippen LogP contribution in [0.25, 0.3) is 0 Å². The van der Waals surface area contributed by atoms with Crippen molar-refractivity contribution >= 4 is 23.9 Å². The number of carboxylic acid groups (broad SMARTS) is 1. The van der Waals surface area contributed by atoms with Crippen LogP contribution in [-0.4, -0.2) is 89.2 Å². The molecule has 1 aliphatic heterocycles. The lowest BCUT2D eigenvalue weighted by Gasteiger charge is -2.40. The smallest absolute Gasteiger partial charge is 0.335 e. The van der Waals surface area contributed by atoms with Crippen molar-refractivity contribution in [2.75, 3.05) is 13.2 Å². The molecule has 0 bridgehead atoms. The summed E-state index contributed by atoms with van der Waals surface area (Å²) in [6.07, 6.45) is 53.2. The predicted molar refractivity (Wildman–Crippen MR) is 312 cm³/mol. The third-order valence-electron chi connectivity index (χ3n) is 14.1. The quantitative estimate of drug-likeness (QED) is 0.0228. The molecule has 6 unspecified atom stereocenters. The highest BCUT2D eigenvalue weighted by Gasteiger charge is 2.50. The fourth-order valence-corrected chi connectivity index (χ4v) is 9.30. The summed E-state index contributed by atoms with van der Waals surface area (Å²) in [5.41, 5.74) is 0. The number of allylic oxidation sites excluding steroid dienone is 10. The summed E-state index contributed by atoms with van der Waals surface area (Å²) in [5, 5.41) is 31.5. The number of carbonyl (C=O) groups is 4. The molecule has 0 spiro atoms. The van der Waals surface area contributed by atoms with Crippen LogP contribution in [0.5, 0.6) is 0 Å². The molecule has 1 fully saturated rings. The highest BCUT2D eigenvalue weighted by Crippen LogP contribution is 2.27. The van der Waals surface area contributed by atoms with E-state index in [0.717, 1.165) is 109 Å². The van der Waals surface area contributed by atoms with Crippen LogP contribution < -0.4 is 0 Å². The van der Waals surface area contributed by atoms with Crippen LogP contribution in [0, 0.1) is 0 Å². The minimum absolute atomic E-state index is 0.0601. The first-order chi connectivity index (χ1) is 37.6. The molecule has 1 saturated heterocycles. The van der Waals surface area contributed by atoms with Crippen LogP contribution in [0.2, 0.25) is 0 Å². The van der Waals surface area contributed by atoms with Crippen molar-refractivity contribution in [3.63, 3.8) is 0 Å².